The fourth-order valence-corrected chi connectivity index (χ4v) is 2.55. The Morgan fingerprint density at radius 2 is 2.04 bits per heavy atom. The Morgan fingerprint density at radius 3 is 2.91 bits per heavy atom. The van der Waals surface area contributed by atoms with Gasteiger partial charge in [0.15, 0.2) is 11.5 Å². The van der Waals surface area contributed by atoms with E-state index in [1.807, 2.05) is 18.2 Å². The molecule has 1 aliphatic heterocycles. The fourth-order valence-electron chi connectivity index (χ4n) is 2.55. The average Bonchev–Trinajstić information content (AvgIpc) is 3.06. The maximum atomic E-state index is 5.42. The lowest BCUT2D eigenvalue weighted by Gasteiger charge is -2.14. The highest BCUT2D eigenvalue weighted by Gasteiger charge is 2.13. The average molecular weight is 314 g/mol. The molecule has 1 aromatic carbocycles. The largest absolute Gasteiger partial charge is 0.481 e. The molecule has 0 spiro atoms. The molecule has 1 aliphatic rings. The molecule has 1 aromatic heterocycles. The monoisotopic (exact) mass is 314 g/mol. The van der Waals surface area contributed by atoms with Crippen LogP contribution in [0.2, 0.25) is 0 Å². The van der Waals surface area contributed by atoms with E-state index in [-0.39, 0.29) is 0 Å². The molecular formula is C18H22N2O3. The van der Waals surface area contributed by atoms with Gasteiger partial charge in [0.1, 0.15) is 0 Å². The predicted octanol–water partition coefficient (Wildman–Crippen LogP) is 2.93. The molecule has 23 heavy (non-hydrogen) atoms. The van der Waals surface area contributed by atoms with E-state index in [2.05, 4.69) is 29.4 Å². The van der Waals surface area contributed by atoms with Crippen LogP contribution >= 0.6 is 0 Å². The minimum atomic E-state index is 0.326. The Labute approximate surface area is 136 Å². The fraction of sp³-hybridized carbons (Fsp3) is 0.389. The van der Waals surface area contributed by atoms with E-state index in [1.54, 1.807) is 13.3 Å². The summed E-state index contributed by atoms with van der Waals surface area (Å²) >= 11 is 0. The number of rotatable bonds is 7. The van der Waals surface area contributed by atoms with E-state index < -0.39 is 0 Å². The summed E-state index contributed by atoms with van der Waals surface area (Å²) in [7, 11) is 1.63. The zero-order valence-corrected chi connectivity index (χ0v) is 13.5. The first kappa shape index (κ1) is 15.6. The van der Waals surface area contributed by atoms with Crippen LogP contribution in [0.1, 0.15) is 24.5 Å². The number of pyridine rings is 1. The molecule has 5 heteroatoms. The summed E-state index contributed by atoms with van der Waals surface area (Å²) < 4.78 is 15.9. The second kappa shape index (κ2) is 7.33. The molecule has 0 saturated carbocycles. The standard InChI is InChI=1S/C18H22N2O3/c1-13(20-11-15-7-8-19-18(10-15)21-2)3-4-14-5-6-16-17(9-14)23-12-22-16/h5-10,13,20H,3-4,11-12H2,1-2H3. The van der Waals surface area contributed by atoms with Crippen LogP contribution in [-0.4, -0.2) is 24.9 Å². The second-order valence-corrected chi connectivity index (χ2v) is 5.71. The zero-order chi connectivity index (χ0) is 16.1. The van der Waals surface area contributed by atoms with Crippen LogP contribution in [0.15, 0.2) is 36.5 Å². The topological polar surface area (TPSA) is 52.6 Å². The third-order valence-corrected chi connectivity index (χ3v) is 3.97. The van der Waals surface area contributed by atoms with Gasteiger partial charge in [-0.25, -0.2) is 4.98 Å². The molecule has 0 fully saturated rings. The normalized spacial score (nSPS) is 13.8. The van der Waals surface area contributed by atoms with Crippen molar-refractivity contribution in [3.05, 3.63) is 47.7 Å². The van der Waals surface area contributed by atoms with E-state index in [4.69, 9.17) is 14.2 Å². The van der Waals surface area contributed by atoms with Crippen molar-refractivity contribution >= 4 is 0 Å². The van der Waals surface area contributed by atoms with Gasteiger partial charge in [-0.3, -0.25) is 0 Å². The Hall–Kier alpha value is -2.27. The van der Waals surface area contributed by atoms with Crippen LogP contribution in [0, 0.1) is 0 Å². The lowest BCUT2D eigenvalue weighted by Crippen LogP contribution is -2.26. The van der Waals surface area contributed by atoms with Crippen LogP contribution in [0.3, 0.4) is 0 Å². The van der Waals surface area contributed by atoms with Gasteiger partial charge in [0.25, 0.3) is 0 Å². The number of hydrogen-bond acceptors (Lipinski definition) is 5. The molecule has 2 aromatic rings. The van der Waals surface area contributed by atoms with Crippen LogP contribution < -0.4 is 19.5 Å². The number of methoxy groups -OCH3 is 1. The van der Waals surface area contributed by atoms with Gasteiger partial charge in [-0.2, -0.15) is 0 Å². The Morgan fingerprint density at radius 1 is 1.17 bits per heavy atom. The molecule has 0 saturated heterocycles. The minimum absolute atomic E-state index is 0.326. The van der Waals surface area contributed by atoms with Crippen molar-refractivity contribution in [3.8, 4) is 17.4 Å². The number of ether oxygens (including phenoxy) is 3. The Balaban J connectivity index is 1.46. The Bertz CT molecular complexity index is 660. The summed E-state index contributed by atoms with van der Waals surface area (Å²) in [4.78, 5) is 4.12. The number of nitrogens with zero attached hydrogens (tertiary/aromatic N) is 1. The van der Waals surface area contributed by atoms with Crippen molar-refractivity contribution in [3.63, 3.8) is 0 Å². The summed E-state index contributed by atoms with van der Waals surface area (Å²) in [5, 5.41) is 3.53. The highest BCUT2D eigenvalue weighted by Crippen LogP contribution is 2.32. The maximum absolute atomic E-state index is 5.42. The molecule has 2 heterocycles. The van der Waals surface area contributed by atoms with Crippen molar-refractivity contribution in [1.29, 1.82) is 0 Å². The molecule has 122 valence electrons. The van der Waals surface area contributed by atoms with E-state index >= 15 is 0 Å². The van der Waals surface area contributed by atoms with E-state index in [9.17, 15) is 0 Å². The summed E-state index contributed by atoms with van der Waals surface area (Å²) in [6.45, 7) is 3.33. The first-order valence-corrected chi connectivity index (χ1v) is 7.85. The van der Waals surface area contributed by atoms with Crippen molar-refractivity contribution in [2.75, 3.05) is 13.9 Å². The van der Waals surface area contributed by atoms with Crippen LogP contribution in [0.5, 0.6) is 17.4 Å². The summed E-state index contributed by atoms with van der Waals surface area (Å²) in [6.07, 6.45) is 3.83. The third kappa shape index (κ3) is 4.13. The van der Waals surface area contributed by atoms with Gasteiger partial charge >= 0.3 is 0 Å². The molecule has 1 unspecified atom stereocenters. The first-order valence-electron chi connectivity index (χ1n) is 7.85. The summed E-state index contributed by atoms with van der Waals surface area (Å²) in [5.74, 6) is 2.34. The number of hydrogen-bond donors (Lipinski definition) is 1. The minimum Gasteiger partial charge on any atom is -0.481 e. The van der Waals surface area contributed by atoms with Crippen LogP contribution in [-0.2, 0) is 13.0 Å². The highest BCUT2D eigenvalue weighted by molar-refractivity contribution is 5.44. The molecule has 3 rings (SSSR count). The number of aryl methyl sites for hydroxylation is 1. The summed E-state index contributed by atoms with van der Waals surface area (Å²) in [6, 6.07) is 10.5. The van der Waals surface area contributed by atoms with Crippen LogP contribution in [0.4, 0.5) is 0 Å². The van der Waals surface area contributed by atoms with Gasteiger partial charge in [-0.15, -0.1) is 0 Å². The molecule has 5 nitrogen and oxygen atoms in total. The molecule has 0 radical (unpaired) electrons. The molecular weight excluding hydrogens is 292 g/mol. The second-order valence-electron chi connectivity index (χ2n) is 5.71. The molecule has 0 amide bonds. The predicted molar refractivity (Wildman–Crippen MR) is 88.0 cm³/mol. The van der Waals surface area contributed by atoms with Crippen molar-refractivity contribution in [2.24, 2.45) is 0 Å². The van der Waals surface area contributed by atoms with E-state index in [1.165, 1.54) is 11.1 Å². The van der Waals surface area contributed by atoms with Crippen molar-refractivity contribution in [1.82, 2.24) is 10.3 Å². The lowest BCUT2D eigenvalue weighted by atomic mass is 10.1. The molecule has 0 aliphatic carbocycles. The van der Waals surface area contributed by atoms with Crippen molar-refractivity contribution < 1.29 is 14.2 Å². The van der Waals surface area contributed by atoms with Crippen LogP contribution in [0.25, 0.3) is 0 Å². The molecule has 1 N–H and O–H groups in total. The molecule has 0 bridgehead atoms. The van der Waals surface area contributed by atoms with Gasteiger partial charge in [-0.1, -0.05) is 6.07 Å². The number of nitrogens with one attached hydrogen (secondary N) is 1. The van der Waals surface area contributed by atoms with Gasteiger partial charge in [0.2, 0.25) is 12.7 Å². The van der Waals surface area contributed by atoms with E-state index in [0.717, 1.165) is 30.9 Å². The quantitative estimate of drug-likeness (QED) is 0.851. The van der Waals surface area contributed by atoms with E-state index in [0.29, 0.717) is 18.7 Å². The van der Waals surface area contributed by atoms with Crippen molar-refractivity contribution in [2.45, 2.75) is 32.4 Å². The van der Waals surface area contributed by atoms with Gasteiger partial charge in [0.05, 0.1) is 7.11 Å². The number of aromatic nitrogens is 1. The first-order chi connectivity index (χ1) is 11.2. The maximum Gasteiger partial charge on any atom is 0.231 e. The summed E-state index contributed by atoms with van der Waals surface area (Å²) in [5.41, 5.74) is 2.44. The highest BCUT2D eigenvalue weighted by atomic mass is 16.7. The van der Waals surface area contributed by atoms with Gasteiger partial charge in [0, 0.05) is 24.8 Å². The van der Waals surface area contributed by atoms with Gasteiger partial charge < -0.3 is 19.5 Å². The third-order valence-electron chi connectivity index (χ3n) is 3.97. The number of fused-ring (bicyclic) bond motifs is 1. The smallest absolute Gasteiger partial charge is 0.231 e. The zero-order valence-electron chi connectivity index (χ0n) is 13.5. The SMILES string of the molecule is COc1cc(CNC(C)CCc2ccc3c(c2)OCO3)ccn1. The lowest BCUT2D eigenvalue weighted by molar-refractivity contribution is 0.174. The van der Waals surface area contributed by atoms with Gasteiger partial charge in [-0.05, 0) is 49.1 Å². The Kier molecular flexibility index (Phi) is 4.98. The number of benzene rings is 1. The molecule has 1 atom stereocenters.